The van der Waals surface area contributed by atoms with Crippen molar-refractivity contribution >= 4 is 16.9 Å². The van der Waals surface area contributed by atoms with Gasteiger partial charge in [0.05, 0.1) is 17.3 Å². The average molecular weight is 284 g/mol. The Hall–Kier alpha value is -2.61. The van der Waals surface area contributed by atoms with Crippen molar-refractivity contribution in [2.24, 2.45) is 0 Å². The largest absolute Gasteiger partial charge is 0.481 e. The lowest BCUT2D eigenvalue weighted by Crippen LogP contribution is -2.26. The number of hydrogen-bond acceptors (Lipinski definition) is 3. The number of nitrogens with zero attached hydrogens (tertiary/aromatic N) is 2. The summed E-state index contributed by atoms with van der Waals surface area (Å²) < 4.78 is 1.54. The minimum Gasteiger partial charge on any atom is -0.481 e. The molecule has 0 radical (unpaired) electrons. The zero-order chi connectivity index (χ0) is 15.2. The highest BCUT2D eigenvalue weighted by Crippen LogP contribution is 2.09. The Bertz CT molecular complexity index is 781. The Balaban J connectivity index is 2.49. The van der Waals surface area contributed by atoms with E-state index in [1.165, 1.54) is 4.57 Å². The minimum absolute atomic E-state index is 0.0514. The van der Waals surface area contributed by atoms with Gasteiger partial charge in [-0.1, -0.05) is 12.1 Å². The molecule has 1 aromatic carbocycles. The standard InChI is InChI=1S/C16H16N2O3/c1-2-3-6-11-18-14(9-10-15(19)20)17-13-8-5-4-7-12(13)16(18)21/h4-5,7-8H,6,9-11H2,1H3,(H,19,20). The molecule has 0 fully saturated rings. The van der Waals surface area contributed by atoms with Crippen LogP contribution < -0.4 is 5.56 Å². The highest BCUT2D eigenvalue weighted by atomic mass is 16.4. The fraction of sp³-hybridized carbons (Fsp3) is 0.312. The van der Waals surface area contributed by atoms with Gasteiger partial charge in [0.2, 0.25) is 0 Å². The maximum Gasteiger partial charge on any atom is 0.303 e. The molecule has 0 aliphatic rings. The quantitative estimate of drug-likeness (QED) is 0.850. The third-order valence-corrected chi connectivity index (χ3v) is 3.14. The van der Waals surface area contributed by atoms with Gasteiger partial charge < -0.3 is 5.11 Å². The summed E-state index contributed by atoms with van der Waals surface area (Å²) >= 11 is 0. The van der Waals surface area contributed by atoms with E-state index in [1.807, 2.05) is 6.07 Å². The van der Waals surface area contributed by atoms with E-state index in [-0.39, 0.29) is 18.4 Å². The second-order valence-corrected chi connectivity index (χ2v) is 4.57. The fourth-order valence-electron chi connectivity index (χ4n) is 2.15. The smallest absolute Gasteiger partial charge is 0.303 e. The zero-order valence-corrected chi connectivity index (χ0v) is 11.8. The van der Waals surface area contributed by atoms with Crippen LogP contribution in [0.25, 0.3) is 10.9 Å². The summed E-state index contributed by atoms with van der Waals surface area (Å²) in [4.78, 5) is 27.7. The van der Waals surface area contributed by atoms with Crippen LogP contribution in [-0.2, 0) is 17.8 Å². The molecule has 2 aromatic rings. The van der Waals surface area contributed by atoms with E-state index in [0.717, 1.165) is 0 Å². The Kier molecular flexibility index (Phi) is 4.72. The first-order valence-corrected chi connectivity index (χ1v) is 6.73. The highest BCUT2D eigenvalue weighted by molar-refractivity contribution is 5.77. The maximum atomic E-state index is 12.5. The molecule has 21 heavy (non-hydrogen) atoms. The molecule has 5 nitrogen and oxygen atoms in total. The number of rotatable bonds is 5. The van der Waals surface area contributed by atoms with Gasteiger partial charge in [0.15, 0.2) is 0 Å². The summed E-state index contributed by atoms with van der Waals surface area (Å²) in [6, 6.07) is 7.09. The fourth-order valence-corrected chi connectivity index (χ4v) is 2.15. The van der Waals surface area contributed by atoms with Gasteiger partial charge in [-0.25, -0.2) is 4.98 Å². The van der Waals surface area contributed by atoms with Crippen LogP contribution in [0.4, 0.5) is 0 Å². The molecule has 0 unspecified atom stereocenters. The first-order valence-electron chi connectivity index (χ1n) is 6.73. The second-order valence-electron chi connectivity index (χ2n) is 4.57. The van der Waals surface area contributed by atoms with Crippen molar-refractivity contribution in [3.63, 3.8) is 0 Å². The molecular formula is C16H16N2O3. The third kappa shape index (κ3) is 3.48. The van der Waals surface area contributed by atoms with Crippen LogP contribution in [0.15, 0.2) is 29.1 Å². The number of carboxylic acid groups (broad SMARTS) is 1. The molecule has 0 spiro atoms. The molecule has 1 heterocycles. The number of aromatic nitrogens is 2. The summed E-state index contributed by atoms with van der Waals surface area (Å²) in [5.74, 6) is 5.29. The number of carboxylic acids is 1. The predicted octanol–water partition coefficient (Wildman–Crippen LogP) is 1.83. The molecule has 0 aliphatic heterocycles. The monoisotopic (exact) mass is 284 g/mol. The van der Waals surface area contributed by atoms with Gasteiger partial charge in [-0.2, -0.15) is 0 Å². The van der Waals surface area contributed by atoms with Gasteiger partial charge in [0.25, 0.3) is 5.56 Å². The Morgan fingerprint density at radius 3 is 2.86 bits per heavy atom. The molecule has 0 atom stereocenters. The van der Waals surface area contributed by atoms with E-state index in [4.69, 9.17) is 5.11 Å². The number of hydrogen-bond donors (Lipinski definition) is 1. The Labute approximate surface area is 122 Å². The van der Waals surface area contributed by atoms with Gasteiger partial charge >= 0.3 is 5.97 Å². The van der Waals surface area contributed by atoms with Crippen LogP contribution >= 0.6 is 0 Å². The van der Waals surface area contributed by atoms with Crippen molar-refractivity contribution in [2.75, 3.05) is 0 Å². The summed E-state index contributed by atoms with van der Waals surface area (Å²) in [5, 5.41) is 9.37. The van der Waals surface area contributed by atoms with Crippen molar-refractivity contribution in [3.05, 3.63) is 40.4 Å². The number of aryl methyl sites for hydroxylation is 1. The lowest BCUT2D eigenvalue weighted by Gasteiger charge is -2.11. The summed E-state index contributed by atoms with van der Waals surface area (Å²) in [6.07, 6.45) is 0.718. The van der Waals surface area contributed by atoms with Crippen molar-refractivity contribution in [1.29, 1.82) is 0 Å². The van der Waals surface area contributed by atoms with Crippen molar-refractivity contribution in [2.45, 2.75) is 32.7 Å². The lowest BCUT2D eigenvalue weighted by molar-refractivity contribution is -0.137. The molecule has 1 aromatic heterocycles. The van der Waals surface area contributed by atoms with Gasteiger partial charge in [-0.05, 0) is 19.1 Å². The molecule has 5 heteroatoms. The summed E-state index contributed by atoms with van der Waals surface area (Å²) in [7, 11) is 0. The molecule has 0 saturated heterocycles. The van der Waals surface area contributed by atoms with Gasteiger partial charge in [-0.3, -0.25) is 14.2 Å². The number of para-hydroxylation sites is 1. The zero-order valence-electron chi connectivity index (χ0n) is 11.8. The number of fused-ring (bicyclic) bond motifs is 1. The summed E-state index contributed by atoms with van der Waals surface area (Å²) in [5.41, 5.74) is 0.458. The highest BCUT2D eigenvalue weighted by Gasteiger charge is 2.11. The van der Waals surface area contributed by atoms with E-state index in [2.05, 4.69) is 16.8 Å². The molecule has 108 valence electrons. The van der Waals surface area contributed by atoms with Crippen molar-refractivity contribution < 1.29 is 9.90 Å². The molecule has 2 rings (SSSR count). The number of aliphatic carboxylic acids is 1. The minimum atomic E-state index is -0.905. The molecular weight excluding hydrogens is 268 g/mol. The molecule has 0 aliphatic carbocycles. The van der Waals surface area contributed by atoms with Gasteiger partial charge in [0, 0.05) is 19.4 Å². The first-order chi connectivity index (χ1) is 10.1. The van der Waals surface area contributed by atoms with Crippen molar-refractivity contribution in [3.8, 4) is 11.8 Å². The van der Waals surface area contributed by atoms with Crippen LogP contribution in [-0.4, -0.2) is 20.6 Å². The second kappa shape index (κ2) is 6.71. The molecule has 0 amide bonds. The normalized spacial score (nSPS) is 10.1. The van der Waals surface area contributed by atoms with Crippen LogP contribution in [0.2, 0.25) is 0 Å². The van der Waals surface area contributed by atoms with Crippen LogP contribution in [0.3, 0.4) is 0 Å². The lowest BCUT2D eigenvalue weighted by atomic mass is 10.2. The van der Waals surface area contributed by atoms with E-state index in [0.29, 0.717) is 29.7 Å². The van der Waals surface area contributed by atoms with E-state index >= 15 is 0 Å². The van der Waals surface area contributed by atoms with Crippen molar-refractivity contribution in [1.82, 2.24) is 9.55 Å². The van der Waals surface area contributed by atoms with Gasteiger partial charge in [0.1, 0.15) is 5.82 Å². The summed E-state index contributed by atoms with van der Waals surface area (Å²) in [6.45, 7) is 2.17. The number of carbonyl (C=O) groups is 1. The molecule has 1 N–H and O–H groups in total. The number of benzene rings is 1. The van der Waals surface area contributed by atoms with E-state index in [1.54, 1.807) is 25.1 Å². The maximum absolute atomic E-state index is 12.5. The van der Waals surface area contributed by atoms with Crippen LogP contribution in [0, 0.1) is 11.8 Å². The van der Waals surface area contributed by atoms with E-state index < -0.39 is 5.97 Å². The topological polar surface area (TPSA) is 72.2 Å². The Morgan fingerprint density at radius 2 is 2.14 bits per heavy atom. The van der Waals surface area contributed by atoms with Gasteiger partial charge in [-0.15, -0.1) is 11.8 Å². The van der Waals surface area contributed by atoms with Crippen LogP contribution in [0.5, 0.6) is 0 Å². The van der Waals surface area contributed by atoms with E-state index in [9.17, 15) is 9.59 Å². The average Bonchev–Trinajstić information content (AvgIpc) is 2.48. The molecule has 0 bridgehead atoms. The predicted molar refractivity (Wildman–Crippen MR) is 80.0 cm³/mol. The Morgan fingerprint density at radius 1 is 1.38 bits per heavy atom. The molecule has 0 saturated carbocycles. The third-order valence-electron chi connectivity index (χ3n) is 3.14. The first kappa shape index (κ1) is 14.8. The SMILES string of the molecule is CC#CCCn1c(CCC(=O)O)nc2ccccc2c1=O. The van der Waals surface area contributed by atoms with Crippen LogP contribution in [0.1, 0.15) is 25.6 Å².